The molecule has 2 aromatic carbocycles. The molecule has 0 saturated heterocycles. The number of hydrogen-bond donors (Lipinski definition) is 1. The van der Waals surface area contributed by atoms with Crippen molar-refractivity contribution < 1.29 is 9.90 Å². The van der Waals surface area contributed by atoms with Gasteiger partial charge in [-0.15, -0.1) is 0 Å². The number of aliphatic hydroxyl groups is 1. The first-order valence-corrected chi connectivity index (χ1v) is 12.3. The molecule has 0 radical (unpaired) electrons. The fraction of sp³-hybridized carbons (Fsp3) is 0.357. The van der Waals surface area contributed by atoms with Gasteiger partial charge in [0.05, 0.1) is 29.9 Å². The molecule has 7 heteroatoms. The van der Waals surface area contributed by atoms with Gasteiger partial charge in [-0.2, -0.15) is 10.2 Å². The maximum atomic E-state index is 13.3. The summed E-state index contributed by atoms with van der Waals surface area (Å²) in [5, 5.41) is 20.9. The van der Waals surface area contributed by atoms with E-state index in [1.54, 1.807) is 10.9 Å². The highest BCUT2D eigenvalue weighted by molar-refractivity contribution is 6.17. The SMILES string of the molecule is Cn1cc2cc(C3=NCc4ccc(C(=O)C[C@@H]5CCC[C@@](O)(Cn6cccn6)C5)cc43)ccc2n1. The maximum absolute atomic E-state index is 13.3. The second-order valence-corrected chi connectivity index (χ2v) is 10.1. The van der Waals surface area contributed by atoms with Crippen LogP contribution in [0.15, 0.2) is 66.0 Å². The van der Waals surface area contributed by atoms with E-state index in [-0.39, 0.29) is 11.7 Å². The number of Topliss-reactive ketones (excluding diaryl/α,β-unsaturated/α-hetero) is 1. The van der Waals surface area contributed by atoms with Gasteiger partial charge in [0.2, 0.25) is 0 Å². The maximum Gasteiger partial charge on any atom is 0.163 e. The van der Waals surface area contributed by atoms with E-state index in [1.807, 2.05) is 54.5 Å². The fourth-order valence-corrected chi connectivity index (χ4v) is 5.76. The molecular formula is C28H29N5O2. The van der Waals surface area contributed by atoms with Crippen molar-refractivity contribution in [1.82, 2.24) is 19.6 Å². The average molecular weight is 468 g/mol. The first-order valence-electron chi connectivity index (χ1n) is 12.3. The Morgan fingerprint density at radius 3 is 3.00 bits per heavy atom. The van der Waals surface area contributed by atoms with Gasteiger partial charge < -0.3 is 5.11 Å². The normalized spacial score (nSPS) is 21.8. The number of ketones is 1. The van der Waals surface area contributed by atoms with Crippen LogP contribution in [0.2, 0.25) is 0 Å². The molecule has 178 valence electrons. The van der Waals surface area contributed by atoms with Gasteiger partial charge in [0.15, 0.2) is 5.78 Å². The summed E-state index contributed by atoms with van der Waals surface area (Å²) in [7, 11) is 1.92. The Labute approximate surface area is 204 Å². The van der Waals surface area contributed by atoms with Gasteiger partial charge in [0, 0.05) is 54.1 Å². The number of aryl methyl sites for hydroxylation is 1. The van der Waals surface area contributed by atoms with Crippen molar-refractivity contribution in [1.29, 1.82) is 0 Å². The highest BCUT2D eigenvalue weighted by Gasteiger charge is 2.36. The standard InChI is InChI=1S/C28H29N5O2/c1-32-17-23-13-21(7-8-25(23)31-32)27-24-14-20(5-6-22(24)16-29-27)26(34)12-19-4-2-9-28(35,15-19)18-33-11-3-10-30-33/h3,5-8,10-11,13-14,17,19,35H,2,4,9,12,15-16,18H2,1H3/t19-,28-/m0/s1. The van der Waals surface area contributed by atoms with E-state index < -0.39 is 5.60 Å². The Bertz CT molecular complexity index is 1440. The number of benzene rings is 2. The van der Waals surface area contributed by atoms with Gasteiger partial charge in [-0.3, -0.25) is 19.2 Å². The Kier molecular flexibility index (Phi) is 5.37. The zero-order valence-electron chi connectivity index (χ0n) is 19.9. The van der Waals surface area contributed by atoms with Crippen molar-refractivity contribution in [2.24, 2.45) is 18.0 Å². The van der Waals surface area contributed by atoms with E-state index in [0.717, 1.165) is 58.1 Å². The minimum Gasteiger partial charge on any atom is -0.388 e. The molecule has 2 atom stereocenters. The van der Waals surface area contributed by atoms with Crippen LogP contribution in [0.25, 0.3) is 10.9 Å². The summed E-state index contributed by atoms with van der Waals surface area (Å²) in [5.41, 5.74) is 5.04. The van der Waals surface area contributed by atoms with Crippen LogP contribution in [0.5, 0.6) is 0 Å². The molecule has 1 aliphatic heterocycles. The van der Waals surface area contributed by atoms with Crippen LogP contribution in [0.3, 0.4) is 0 Å². The zero-order chi connectivity index (χ0) is 24.0. The van der Waals surface area contributed by atoms with Crippen molar-refractivity contribution in [2.45, 2.75) is 50.8 Å². The predicted octanol–water partition coefficient (Wildman–Crippen LogP) is 4.32. The molecule has 1 fully saturated rings. The van der Waals surface area contributed by atoms with Crippen LogP contribution < -0.4 is 0 Å². The molecule has 4 aromatic rings. The average Bonchev–Trinajstić information content (AvgIpc) is 3.57. The molecule has 2 aromatic heterocycles. The minimum atomic E-state index is -0.808. The quantitative estimate of drug-likeness (QED) is 0.428. The summed E-state index contributed by atoms with van der Waals surface area (Å²) in [5.74, 6) is 0.307. The number of nitrogens with zero attached hydrogens (tertiary/aromatic N) is 5. The van der Waals surface area contributed by atoms with E-state index in [2.05, 4.69) is 22.3 Å². The number of fused-ring (bicyclic) bond motifs is 2. The molecule has 1 N–H and O–H groups in total. The fourth-order valence-electron chi connectivity index (χ4n) is 5.76. The molecule has 7 nitrogen and oxygen atoms in total. The summed E-state index contributed by atoms with van der Waals surface area (Å²) < 4.78 is 3.60. The predicted molar refractivity (Wildman–Crippen MR) is 135 cm³/mol. The van der Waals surface area contributed by atoms with E-state index in [0.29, 0.717) is 25.9 Å². The zero-order valence-corrected chi connectivity index (χ0v) is 19.9. The lowest BCUT2D eigenvalue weighted by atomic mass is 9.75. The van der Waals surface area contributed by atoms with Crippen molar-refractivity contribution in [3.8, 4) is 0 Å². The van der Waals surface area contributed by atoms with Crippen LogP contribution in [-0.2, 0) is 20.1 Å². The largest absolute Gasteiger partial charge is 0.388 e. The molecule has 2 aliphatic rings. The van der Waals surface area contributed by atoms with E-state index >= 15 is 0 Å². The third-order valence-corrected chi connectivity index (χ3v) is 7.40. The second kappa shape index (κ2) is 8.57. The van der Waals surface area contributed by atoms with Gasteiger partial charge in [-0.05, 0) is 55.0 Å². The van der Waals surface area contributed by atoms with Crippen LogP contribution in [-0.4, -0.2) is 41.8 Å². The highest BCUT2D eigenvalue weighted by Crippen LogP contribution is 2.36. The third kappa shape index (κ3) is 4.32. The van der Waals surface area contributed by atoms with Crippen molar-refractivity contribution in [3.05, 3.63) is 83.3 Å². The third-order valence-electron chi connectivity index (χ3n) is 7.40. The summed E-state index contributed by atoms with van der Waals surface area (Å²) >= 11 is 0. The highest BCUT2D eigenvalue weighted by atomic mass is 16.3. The summed E-state index contributed by atoms with van der Waals surface area (Å²) in [6, 6.07) is 14.0. The molecule has 6 rings (SSSR count). The Balaban J connectivity index is 1.19. The van der Waals surface area contributed by atoms with Crippen LogP contribution >= 0.6 is 0 Å². The summed E-state index contributed by atoms with van der Waals surface area (Å²) in [4.78, 5) is 18.1. The first-order chi connectivity index (χ1) is 17.0. The Morgan fingerprint density at radius 1 is 1.23 bits per heavy atom. The number of aliphatic imine (C=N–C) groups is 1. The monoisotopic (exact) mass is 467 g/mol. The molecule has 1 aliphatic carbocycles. The molecule has 0 amide bonds. The van der Waals surface area contributed by atoms with Gasteiger partial charge in [0.25, 0.3) is 0 Å². The topological polar surface area (TPSA) is 85.3 Å². The first kappa shape index (κ1) is 21.9. The number of hydrogen-bond acceptors (Lipinski definition) is 5. The van der Waals surface area contributed by atoms with E-state index in [1.165, 1.54) is 0 Å². The molecule has 35 heavy (non-hydrogen) atoms. The van der Waals surface area contributed by atoms with Gasteiger partial charge in [0.1, 0.15) is 0 Å². The summed E-state index contributed by atoms with van der Waals surface area (Å²) in [6.45, 7) is 1.11. The Hall–Kier alpha value is -3.58. The molecule has 0 spiro atoms. The lowest BCUT2D eigenvalue weighted by molar-refractivity contribution is -0.0327. The number of carbonyl (C=O) groups excluding carboxylic acids is 1. The summed E-state index contributed by atoms with van der Waals surface area (Å²) in [6.07, 6.45) is 9.33. The van der Waals surface area contributed by atoms with Crippen molar-refractivity contribution >= 4 is 22.4 Å². The lowest BCUT2D eigenvalue weighted by Crippen LogP contribution is -2.40. The van der Waals surface area contributed by atoms with Crippen LogP contribution in [0.1, 0.15) is 59.2 Å². The van der Waals surface area contributed by atoms with Gasteiger partial charge in [-0.1, -0.05) is 24.6 Å². The minimum absolute atomic E-state index is 0.134. The van der Waals surface area contributed by atoms with Gasteiger partial charge >= 0.3 is 0 Å². The molecular weight excluding hydrogens is 438 g/mol. The van der Waals surface area contributed by atoms with E-state index in [4.69, 9.17) is 4.99 Å². The van der Waals surface area contributed by atoms with Gasteiger partial charge in [-0.25, -0.2) is 0 Å². The van der Waals surface area contributed by atoms with Crippen LogP contribution in [0.4, 0.5) is 0 Å². The molecule has 0 unspecified atom stereocenters. The number of carbonyl (C=O) groups is 1. The van der Waals surface area contributed by atoms with Crippen LogP contribution in [0, 0.1) is 5.92 Å². The van der Waals surface area contributed by atoms with E-state index in [9.17, 15) is 9.90 Å². The molecule has 1 saturated carbocycles. The molecule has 3 heterocycles. The Morgan fingerprint density at radius 2 is 2.14 bits per heavy atom. The number of rotatable bonds is 6. The van der Waals surface area contributed by atoms with Crippen molar-refractivity contribution in [2.75, 3.05) is 0 Å². The number of aromatic nitrogens is 4. The smallest absolute Gasteiger partial charge is 0.163 e. The molecule has 0 bridgehead atoms. The second-order valence-electron chi connectivity index (χ2n) is 10.1. The lowest BCUT2D eigenvalue weighted by Gasteiger charge is -2.36. The van der Waals surface area contributed by atoms with Crippen molar-refractivity contribution in [3.63, 3.8) is 0 Å².